The molecule has 0 amide bonds. The van der Waals surface area contributed by atoms with Crippen molar-refractivity contribution in [1.82, 2.24) is 10.3 Å². The van der Waals surface area contributed by atoms with Crippen LogP contribution in [-0.2, 0) is 19.4 Å². The van der Waals surface area contributed by atoms with Crippen LogP contribution in [0.5, 0.6) is 5.75 Å². The number of thiazole rings is 1. The molecule has 2 rings (SSSR count). The molecule has 4 heteroatoms. The smallest absolute Gasteiger partial charge is 0.119 e. The van der Waals surface area contributed by atoms with Crippen LogP contribution in [0.1, 0.15) is 30.1 Å². The van der Waals surface area contributed by atoms with E-state index in [9.17, 15) is 0 Å². The van der Waals surface area contributed by atoms with Gasteiger partial charge >= 0.3 is 0 Å². The average Bonchev–Trinajstić information content (AvgIpc) is 2.93. The van der Waals surface area contributed by atoms with Crippen LogP contribution in [0.15, 0.2) is 29.6 Å². The molecule has 0 atom stereocenters. The van der Waals surface area contributed by atoms with E-state index < -0.39 is 0 Å². The lowest BCUT2D eigenvalue weighted by molar-refractivity contribution is 0.321. The maximum absolute atomic E-state index is 5.79. The average molecular weight is 290 g/mol. The molecule has 0 aliphatic rings. The third-order valence-electron chi connectivity index (χ3n) is 3.05. The highest BCUT2D eigenvalue weighted by molar-refractivity contribution is 7.09. The Morgan fingerprint density at radius 3 is 3.00 bits per heavy atom. The maximum Gasteiger partial charge on any atom is 0.119 e. The molecule has 108 valence electrons. The molecule has 3 nitrogen and oxygen atoms in total. The molecule has 0 fully saturated rings. The van der Waals surface area contributed by atoms with Crippen molar-refractivity contribution in [3.63, 3.8) is 0 Å². The minimum Gasteiger partial charge on any atom is -0.493 e. The Morgan fingerprint density at radius 2 is 2.20 bits per heavy atom. The summed E-state index contributed by atoms with van der Waals surface area (Å²) in [6, 6.07) is 8.29. The summed E-state index contributed by atoms with van der Waals surface area (Å²) in [4.78, 5) is 4.59. The van der Waals surface area contributed by atoms with Gasteiger partial charge in [0.1, 0.15) is 5.75 Å². The van der Waals surface area contributed by atoms with Crippen molar-refractivity contribution in [2.45, 2.75) is 33.2 Å². The Balaban J connectivity index is 1.78. The summed E-state index contributed by atoms with van der Waals surface area (Å²) in [5.41, 5.74) is 2.43. The lowest BCUT2D eigenvalue weighted by Crippen LogP contribution is -2.12. The number of hydrogen-bond acceptors (Lipinski definition) is 4. The van der Waals surface area contributed by atoms with E-state index in [1.165, 1.54) is 5.56 Å². The molecule has 1 heterocycles. The molecule has 0 aliphatic carbocycles. The van der Waals surface area contributed by atoms with Gasteiger partial charge in [0, 0.05) is 18.3 Å². The number of hydrogen-bond donors (Lipinski definition) is 1. The summed E-state index contributed by atoms with van der Waals surface area (Å²) in [6.07, 6.45) is 1.91. The van der Waals surface area contributed by atoms with Crippen LogP contribution in [0.25, 0.3) is 0 Å². The van der Waals surface area contributed by atoms with E-state index in [1.54, 1.807) is 11.3 Å². The fourth-order valence-electron chi connectivity index (χ4n) is 1.91. The summed E-state index contributed by atoms with van der Waals surface area (Å²) in [6.45, 7) is 6.77. The zero-order chi connectivity index (χ0) is 14.2. The van der Waals surface area contributed by atoms with Crippen LogP contribution < -0.4 is 10.1 Å². The van der Waals surface area contributed by atoms with Crippen LogP contribution in [0.3, 0.4) is 0 Å². The molecule has 1 N–H and O–H groups in total. The van der Waals surface area contributed by atoms with Crippen LogP contribution in [0.2, 0.25) is 0 Å². The fourth-order valence-corrected chi connectivity index (χ4v) is 2.69. The van der Waals surface area contributed by atoms with Crippen molar-refractivity contribution in [2.24, 2.45) is 0 Å². The standard InChI is InChI=1S/C16H22N2OS/c1-3-13-6-5-7-15(10-13)19-9-8-16-18-14(12-20-16)11-17-4-2/h5-7,10,12,17H,3-4,8-9,11H2,1-2H3. The van der Waals surface area contributed by atoms with E-state index >= 15 is 0 Å². The molecule has 1 aromatic heterocycles. The van der Waals surface area contributed by atoms with Crippen molar-refractivity contribution in [3.05, 3.63) is 45.9 Å². The molecule has 0 unspecified atom stereocenters. The molecule has 0 aliphatic heterocycles. The molecule has 0 saturated carbocycles. The lowest BCUT2D eigenvalue weighted by Gasteiger charge is -2.06. The molecule has 0 bridgehead atoms. The largest absolute Gasteiger partial charge is 0.493 e. The Morgan fingerprint density at radius 1 is 1.30 bits per heavy atom. The summed E-state index contributed by atoms with van der Waals surface area (Å²) in [7, 11) is 0. The van der Waals surface area contributed by atoms with Crippen molar-refractivity contribution >= 4 is 11.3 Å². The second-order valence-corrected chi connectivity index (χ2v) is 5.55. The number of nitrogens with one attached hydrogen (secondary N) is 1. The summed E-state index contributed by atoms with van der Waals surface area (Å²) >= 11 is 1.71. The van der Waals surface area contributed by atoms with Crippen molar-refractivity contribution in [2.75, 3.05) is 13.2 Å². The molecule has 0 radical (unpaired) electrons. The first-order valence-corrected chi connectivity index (χ1v) is 8.05. The highest BCUT2D eigenvalue weighted by Gasteiger charge is 2.02. The van der Waals surface area contributed by atoms with Gasteiger partial charge in [-0.25, -0.2) is 4.98 Å². The van der Waals surface area contributed by atoms with Crippen LogP contribution in [0.4, 0.5) is 0 Å². The van der Waals surface area contributed by atoms with E-state index in [4.69, 9.17) is 4.74 Å². The molecule has 1 aromatic carbocycles. The quantitative estimate of drug-likeness (QED) is 0.808. The first-order valence-electron chi connectivity index (χ1n) is 7.17. The third-order valence-corrected chi connectivity index (χ3v) is 4.00. The van der Waals surface area contributed by atoms with Crippen LogP contribution in [0, 0.1) is 0 Å². The van der Waals surface area contributed by atoms with Crippen molar-refractivity contribution in [3.8, 4) is 5.75 Å². The number of benzene rings is 1. The third kappa shape index (κ3) is 4.62. The first-order chi connectivity index (χ1) is 9.81. The molecule has 2 aromatic rings. The van der Waals surface area contributed by atoms with Gasteiger partial charge in [-0.2, -0.15) is 0 Å². The Labute approximate surface area is 125 Å². The van der Waals surface area contributed by atoms with E-state index in [1.807, 2.05) is 12.1 Å². The topological polar surface area (TPSA) is 34.1 Å². The Kier molecular flexibility index (Phi) is 6.02. The molecular weight excluding hydrogens is 268 g/mol. The number of aromatic nitrogens is 1. The highest BCUT2D eigenvalue weighted by Crippen LogP contribution is 2.15. The van der Waals surface area contributed by atoms with E-state index in [2.05, 4.69) is 41.7 Å². The van der Waals surface area contributed by atoms with Gasteiger partial charge in [-0.1, -0.05) is 26.0 Å². The number of rotatable bonds is 8. The molecule has 0 saturated heterocycles. The number of aryl methyl sites for hydroxylation is 1. The van der Waals surface area contributed by atoms with Crippen molar-refractivity contribution in [1.29, 1.82) is 0 Å². The summed E-state index contributed by atoms with van der Waals surface area (Å²) < 4.78 is 5.79. The maximum atomic E-state index is 5.79. The normalized spacial score (nSPS) is 10.7. The first kappa shape index (κ1) is 15.0. The highest BCUT2D eigenvalue weighted by atomic mass is 32.1. The van der Waals surface area contributed by atoms with Crippen molar-refractivity contribution < 1.29 is 4.74 Å². The van der Waals surface area contributed by atoms with E-state index in [-0.39, 0.29) is 0 Å². The van der Waals surface area contributed by atoms with Gasteiger partial charge in [-0.3, -0.25) is 0 Å². The van der Waals surface area contributed by atoms with Gasteiger partial charge in [0.25, 0.3) is 0 Å². The number of nitrogens with zero attached hydrogens (tertiary/aromatic N) is 1. The molecular formula is C16H22N2OS. The van der Waals surface area contributed by atoms with Gasteiger partial charge in [0.15, 0.2) is 0 Å². The van der Waals surface area contributed by atoms with Gasteiger partial charge in [-0.05, 0) is 30.7 Å². The zero-order valence-corrected chi connectivity index (χ0v) is 13.0. The zero-order valence-electron chi connectivity index (χ0n) is 12.2. The van der Waals surface area contributed by atoms with Gasteiger partial charge in [0.05, 0.1) is 17.3 Å². The molecule has 0 spiro atoms. The van der Waals surface area contributed by atoms with Crippen LogP contribution >= 0.6 is 11.3 Å². The van der Waals surface area contributed by atoms with E-state index in [0.29, 0.717) is 6.61 Å². The summed E-state index contributed by atoms with van der Waals surface area (Å²) in [5, 5.41) is 6.55. The van der Waals surface area contributed by atoms with Gasteiger partial charge in [-0.15, -0.1) is 11.3 Å². The second kappa shape index (κ2) is 8.02. The fraction of sp³-hybridized carbons (Fsp3) is 0.438. The predicted octanol–water partition coefficient (Wildman–Crippen LogP) is 3.44. The Hall–Kier alpha value is -1.39. The van der Waals surface area contributed by atoms with Gasteiger partial charge < -0.3 is 10.1 Å². The predicted molar refractivity (Wildman–Crippen MR) is 84.5 cm³/mol. The minimum atomic E-state index is 0.682. The SMILES string of the molecule is CCNCc1csc(CCOc2cccc(CC)c2)n1. The van der Waals surface area contributed by atoms with Crippen LogP contribution in [-0.4, -0.2) is 18.1 Å². The van der Waals surface area contributed by atoms with E-state index in [0.717, 1.165) is 42.4 Å². The van der Waals surface area contributed by atoms with Gasteiger partial charge in [0.2, 0.25) is 0 Å². The Bertz CT molecular complexity index is 525. The summed E-state index contributed by atoms with van der Waals surface area (Å²) in [5.74, 6) is 0.953. The monoisotopic (exact) mass is 290 g/mol. The molecule has 20 heavy (non-hydrogen) atoms. The number of ether oxygens (including phenoxy) is 1. The lowest BCUT2D eigenvalue weighted by atomic mass is 10.2. The second-order valence-electron chi connectivity index (χ2n) is 4.61. The minimum absolute atomic E-state index is 0.682.